The van der Waals surface area contributed by atoms with Gasteiger partial charge >= 0.3 is 5.97 Å². The summed E-state index contributed by atoms with van der Waals surface area (Å²) in [7, 11) is 0. The van der Waals surface area contributed by atoms with Gasteiger partial charge < -0.3 is 9.84 Å². The molecule has 0 bridgehead atoms. The second kappa shape index (κ2) is 9.81. The van der Waals surface area contributed by atoms with Crippen molar-refractivity contribution in [3.8, 4) is 17.0 Å². The lowest BCUT2D eigenvalue weighted by Gasteiger charge is -2.18. The number of hydrogen-bond acceptors (Lipinski definition) is 5. The Bertz CT molecular complexity index is 1220. The summed E-state index contributed by atoms with van der Waals surface area (Å²) in [6.45, 7) is 0.173. The predicted octanol–water partition coefficient (Wildman–Crippen LogP) is 6.64. The summed E-state index contributed by atoms with van der Waals surface area (Å²) >= 11 is 3.57. The van der Waals surface area contributed by atoms with Crippen molar-refractivity contribution < 1.29 is 14.6 Å². The van der Waals surface area contributed by atoms with E-state index in [2.05, 4.69) is 54.6 Å². The van der Waals surface area contributed by atoms with Crippen LogP contribution < -0.4 is 4.74 Å². The van der Waals surface area contributed by atoms with Gasteiger partial charge in [0.15, 0.2) is 4.34 Å². The van der Waals surface area contributed by atoms with Gasteiger partial charge in [0.05, 0.1) is 24.0 Å². The molecule has 0 aliphatic heterocycles. The van der Waals surface area contributed by atoms with Crippen molar-refractivity contribution in [1.82, 2.24) is 4.98 Å². The average Bonchev–Trinajstić information content (AvgIpc) is 3.27. The molecule has 1 aliphatic rings. The number of thiazole rings is 1. The zero-order valence-electron chi connectivity index (χ0n) is 17.9. The van der Waals surface area contributed by atoms with Crippen LogP contribution in [0.1, 0.15) is 33.2 Å². The summed E-state index contributed by atoms with van der Waals surface area (Å²) in [5.41, 5.74) is 5.78. The van der Waals surface area contributed by atoms with Gasteiger partial charge in [-0.05, 0) is 30.0 Å². The molecule has 33 heavy (non-hydrogen) atoms. The van der Waals surface area contributed by atoms with Crippen LogP contribution in [0, 0.1) is 0 Å². The fourth-order valence-electron chi connectivity index (χ4n) is 4.11. The van der Waals surface area contributed by atoms with E-state index in [0.717, 1.165) is 39.8 Å². The van der Waals surface area contributed by atoms with Crippen LogP contribution in [0.3, 0.4) is 0 Å². The number of aromatic nitrogens is 1. The van der Waals surface area contributed by atoms with Crippen LogP contribution in [0.4, 0.5) is 0 Å². The molecule has 4 aromatic rings. The molecule has 0 saturated carbocycles. The zero-order valence-corrected chi connectivity index (χ0v) is 19.6. The Hall–Kier alpha value is -3.09. The molecule has 1 N–H and O–H groups in total. The number of carboxylic acids is 1. The van der Waals surface area contributed by atoms with Crippen LogP contribution in [-0.2, 0) is 17.6 Å². The summed E-state index contributed by atoms with van der Waals surface area (Å²) < 4.78 is 6.86. The van der Waals surface area contributed by atoms with Crippen LogP contribution in [0.15, 0.2) is 83.2 Å². The lowest BCUT2D eigenvalue weighted by atomic mass is 9.93. The molecule has 6 heteroatoms. The molecule has 0 radical (unpaired) electrons. The number of ether oxygens (including phenoxy) is 1. The van der Waals surface area contributed by atoms with Crippen molar-refractivity contribution in [2.24, 2.45) is 0 Å². The Kier molecular flexibility index (Phi) is 6.46. The Morgan fingerprint density at radius 1 is 0.970 bits per heavy atom. The van der Waals surface area contributed by atoms with E-state index in [-0.39, 0.29) is 18.3 Å². The number of aliphatic carboxylic acids is 1. The number of aryl methyl sites for hydroxylation is 1. The van der Waals surface area contributed by atoms with Gasteiger partial charge in [0, 0.05) is 16.0 Å². The largest absolute Gasteiger partial charge is 0.493 e. The number of nitrogens with zero attached hydrogens (tertiary/aromatic N) is 1. The van der Waals surface area contributed by atoms with Crippen LogP contribution >= 0.6 is 23.1 Å². The number of hydrogen-bond donors (Lipinski definition) is 1. The number of thioether (sulfide) groups is 1. The summed E-state index contributed by atoms with van der Waals surface area (Å²) in [4.78, 5) is 17.2. The molecule has 0 atom stereocenters. The highest BCUT2D eigenvalue weighted by Gasteiger charge is 2.25. The summed E-state index contributed by atoms with van der Waals surface area (Å²) in [5.74, 6) is -0.0808. The molecule has 4 nitrogen and oxygen atoms in total. The highest BCUT2D eigenvalue weighted by molar-refractivity contribution is 8.01. The first-order chi connectivity index (χ1) is 16.2. The van der Waals surface area contributed by atoms with Gasteiger partial charge in [0.1, 0.15) is 5.75 Å². The quantitative estimate of drug-likeness (QED) is 0.291. The molecule has 0 saturated heterocycles. The van der Waals surface area contributed by atoms with Crippen LogP contribution in [0.5, 0.6) is 5.75 Å². The molecule has 0 amide bonds. The molecule has 1 aromatic heterocycles. The normalized spacial score (nSPS) is 12.3. The van der Waals surface area contributed by atoms with Crippen molar-refractivity contribution in [1.29, 1.82) is 0 Å². The predicted molar refractivity (Wildman–Crippen MR) is 133 cm³/mol. The van der Waals surface area contributed by atoms with E-state index in [4.69, 9.17) is 14.8 Å². The van der Waals surface area contributed by atoms with E-state index in [1.807, 2.05) is 24.3 Å². The average molecular weight is 474 g/mol. The molecular formula is C27H23NO3S2. The van der Waals surface area contributed by atoms with Crippen molar-refractivity contribution in [3.05, 3.63) is 100 Å². The lowest BCUT2D eigenvalue weighted by Crippen LogP contribution is -2.09. The van der Waals surface area contributed by atoms with Crippen LogP contribution in [0.2, 0.25) is 0 Å². The van der Waals surface area contributed by atoms with Gasteiger partial charge in [-0.25, -0.2) is 4.98 Å². The van der Waals surface area contributed by atoms with E-state index in [0.29, 0.717) is 0 Å². The molecule has 166 valence electrons. The van der Waals surface area contributed by atoms with Gasteiger partial charge in [-0.1, -0.05) is 84.6 Å². The van der Waals surface area contributed by atoms with Crippen molar-refractivity contribution in [2.75, 3.05) is 6.61 Å². The SMILES string of the molecule is O=C(O)CCOc1cccc2c1CCc1sc(SC(c3ccccc3)c3ccccc3)nc1-2. The Morgan fingerprint density at radius 3 is 2.33 bits per heavy atom. The van der Waals surface area contributed by atoms with Crippen molar-refractivity contribution in [2.45, 2.75) is 28.9 Å². The monoisotopic (exact) mass is 473 g/mol. The van der Waals surface area contributed by atoms with Gasteiger partial charge in [-0.2, -0.15) is 0 Å². The lowest BCUT2D eigenvalue weighted by molar-refractivity contribution is -0.137. The van der Waals surface area contributed by atoms with E-state index >= 15 is 0 Å². The second-order valence-electron chi connectivity index (χ2n) is 7.85. The minimum absolute atomic E-state index is 0.00718. The molecule has 3 aromatic carbocycles. The fourth-order valence-corrected chi connectivity index (χ4v) is 6.63. The van der Waals surface area contributed by atoms with E-state index in [1.54, 1.807) is 23.1 Å². The van der Waals surface area contributed by atoms with Crippen molar-refractivity contribution >= 4 is 29.1 Å². The topological polar surface area (TPSA) is 59.4 Å². The molecule has 0 unspecified atom stereocenters. The first-order valence-electron chi connectivity index (χ1n) is 10.9. The second-order valence-corrected chi connectivity index (χ2v) is 10.3. The molecule has 1 aliphatic carbocycles. The molecule has 0 fully saturated rings. The molecule has 0 spiro atoms. The molecule has 5 rings (SSSR count). The molecular weight excluding hydrogens is 450 g/mol. The maximum Gasteiger partial charge on any atom is 0.306 e. The summed E-state index contributed by atoms with van der Waals surface area (Å²) in [6.07, 6.45) is 1.78. The smallest absolute Gasteiger partial charge is 0.306 e. The van der Waals surface area contributed by atoms with E-state index in [1.165, 1.54) is 16.0 Å². The maximum absolute atomic E-state index is 10.8. The van der Waals surface area contributed by atoms with Crippen LogP contribution in [0.25, 0.3) is 11.3 Å². The van der Waals surface area contributed by atoms with Crippen LogP contribution in [-0.4, -0.2) is 22.7 Å². The Balaban J connectivity index is 1.44. The Morgan fingerprint density at radius 2 is 1.67 bits per heavy atom. The van der Waals surface area contributed by atoms with Gasteiger partial charge in [-0.3, -0.25) is 4.79 Å². The minimum Gasteiger partial charge on any atom is -0.493 e. The number of carboxylic acid groups (broad SMARTS) is 1. The summed E-state index contributed by atoms with van der Waals surface area (Å²) in [6, 6.07) is 27.1. The standard InChI is InChI=1S/C27H23NO3S2/c29-24(30)16-17-31-22-13-7-12-21-20(22)14-15-23-25(21)28-27(32-23)33-26(18-8-3-1-4-9-18)19-10-5-2-6-11-19/h1-13,26H,14-17H2,(H,29,30). The fraction of sp³-hybridized carbons (Fsp3) is 0.185. The van der Waals surface area contributed by atoms with Gasteiger partial charge in [0.2, 0.25) is 0 Å². The number of benzene rings is 3. The first-order valence-corrected chi connectivity index (χ1v) is 12.6. The highest BCUT2D eigenvalue weighted by Crippen LogP contribution is 2.46. The van der Waals surface area contributed by atoms with E-state index in [9.17, 15) is 4.79 Å². The third-order valence-corrected chi connectivity index (χ3v) is 8.19. The first kappa shape index (κ1) is 21.7. The highest BCUT2D eigenvalue weighted by atomic mass is 32.2. The number of fused-ring (bicyclic) bond motifs is 3. The Labute approximate surface area is 201 Å². The maximum atomic E-state index is 10.8. The molecule has 1 heterocycles. The third-order valence-electron chi connectivity index (χ3n) is 5.66. The van der Waals surface area contributed by atoms with Gasteiger partial charge in [0.25, 0.3) is 0 Å². The summed E-state index contributed by atoms with van der Waals surface area (Å²) in [5, 5.41) is 9.08. The van der Waals surface area contributed by atoms with Crippen molar-refractivity contribution in [3.63, 3.8) is 0 Å². The van der Waals surface area contributed by atoms with Gasteiger partial charge in [-0.15, -0.1) is 11.3 Å². The minimum atomic E-state index is -0.852. The third kappa shape index (κ3) is 4.82. The van der Waals surface area contributed by atoms with E-state index < -0.39 is 5.97 Å². The number of rotatable bonds is 8. The number of carbonyl (C=O) groups is 1. The zero-order chi connectivity index (χ0) is 22.6.